The molecule has 8 heteroatoms. The molecule has 0 bridgehead atoms. The first kappa shape index (κ1) is 19.6. The first-order valence-corrected chi connectivity index (χ1v) is 10.9. The van der Waals surface area contributed by atoms with Gasteiger partial charge in [0.05, 0.1) is 11.4 Å². The van der Waals surface area contributed by atoms with Crippen LogP contribution in [0.25, 0.3) is 0 Å². The Labute approximate surface area is 160 Å². The summed E-state index contributed by atoms with van der Waals surface area (Å²) in [6.45, 7) is 4.46. The van der Waals surface area contributed by atoms with Crippen molar-refractivity contribution in [1.82, 2.24) is 14.9 Å². The van der Waals surface area contributed by atoms with E-state index in [1.54, 1.807) is 19.2 Å². The van der Waals surface area contributed by atoms with E-state index in [-0.39, 0.29) is 11.1 Å². The number of aryl methyl sites for hydroxylation is 1. The third kappa shape index (κ3) is 5.40. The molecule has 0 saturated carbocycles. The van der Waals surface area contributed by atoms with Crippen molar-refractivity contribution >= 4 is 15.5 Å². The zero-order valence-corrected chi connectivity index (χ0v) is 16.8. The number of hydrogen-bond acceptors (Lipinski definition) is 7. The van der Waals surface area contributed by atoms with Gasteiger partial charge in [0.2, 0.25) is 5.88 Å². The van der Waals surface area contributed by atoms with Crippen LogP contribution in [0.1, 0.15) is 24.1 Å². The van der Waals surface area contributed by atoms with Crippen LogP contribution < -0.4 is 10.1 Å². The van der Waals surface area contributed by atoms with E-state index in [9.17, 15) is 8.42 Å². The maximum atomic E-state index is 11.6. The maximum Gasteiger partial charge on any atom is 0.213 e. The number of ether oxygens (including phenoxy) is 1. The molecule has 1 saturated heterocycles. The topological polar surface area (TPSA) is 84.4 Å². The highest BCUT2D eigenvalue weighted by molar-refractivity contribution is 7.90. The second kappa shape index (κ2) is 8.22. The second-order valence-electron chi connectivity index (χ2n) is 7.03. The number of sulfone groups is 1. The number of piperidine rings is 1. The number of hydrogen-bond donors (Lipinski definition) is 1. The average molecular weight is 391 g/mol. The van der Waals surface area contributed by atoms with Gasteiger partial charge < -0.3 is 15.0 Å². The van der Waals surface area contributed by atoms with E-state index >= 15 is 0 Å². The number of anilines is 1. The second-order valence-corrected chi connectivity index (χ2v) is 9.00. The Morgan fingerprint density at radius 3 is 2.56 bits per heavy atom. The van der Waals surface area contributed by atoms with E-state index in [4.69, 9.17) is 4.74 Å². The first-order valence-electron chi connectivity index (χ1n) is 9.03. The van der Waals surface area contributed by atoms with Crippen molar-refractivity contribution in [3.05, 3.63) is 41.7 Å². The van der Waals surface area contributed by atoms with Gasteiger partial charge in [0.25, 0.3) is 0 Å². The fourth-order valence-corrected chi connectivity index (χ4v) is 3.61. The standard InChI is InChI=1S/C19H26N4O3S/c1-14-17(5-7-19(22-14)27(3,24)25)20-12-15-4-6-18(21-13-15)26-16-8-10-23(2)11-9-16/h4-7,13,16,20H,8-12H2,1-3H3. The van der Waals surface area contributed by atoms with Gasteiger partial charge in [0.1, 0.15) is 6.10 Å². The van der Waals surface area contributed by atoms with Gasteiger partial charge in [-0.25, -0.2) is 18.4 Å². The maximum absolute atomic E-state index is 11.6. The molecule has 1 aliphatic rings. The molecule has 7 nitrogen and oxygen atoms in total. The lowest BCUT2D eigenvalue weighted by molar-refractivity contribution is 0.110. The molecule has 0 amide bonds. The van der Waals surface area contributed by atoms with Crippen molar-refractivity contribution < 1.29 is 13.2 Å². The van der Waals surface area contributed by atoms with Crippen LogP contribution in [0.3, 0.4) is 0 Å². The molecule has 0 unspecified atom stereocenters. The third-order valence-electron chi connectivity index (χ3n) is 4.67. The van der Waals surface area contributed by atoms with E-state index in [0.29, 0.717) is 18.1 Å². The van der Waals surface area contributed by atoms with E-state index in [2.05, 4.69) is 27.2 Å². The lowest BCUT2D eigenvalue weighted by atomic mass is 10.1. The van der Waals surface area contributed by atoms with Crippen molar-refractivity contribution in [1.29, 1.82) is 0 Å². The molecule has 0 spiro atoms. The fraction of sp³-hybridized carbons (Fsp3) is 0.474. The van der Waals surface area contributed by atoms with Gasteiger partial charge in [-0.05, 0) is 44.5 Å². The minimum absolute atomic E-state index is 0.0858. The van der Waals surface area contributed by atoms with Crippen LogP contribution in [0.2, 0.25) is 0 Å². The molecule has 0 aromatic carbocycles. The third-order valence-corrected chi connectivity index (χ3v) is 5.66. The average Bonchev–Trinajstić information content (AvgIpc) is 2.63. The monoisotopic (exact) mass is 390 g/mol. The quantitative estimate of drug-likeness (QED) is 0.810. The first-order chi connectivity index (χ1) is 12.8. The Balaban J connectivity index is 1.56. The Morgan fingerprint density at radius 1 is 1.22 bits per heavy atom. The minimum atomic E-state index is -3.29. The predicted molar refractivity (Wildman–Crippen MR) is 105 cm³/mol. The van der Waals surface area contributed by atoms with Gasteiger partial charge in [0, 0.05) is 38.2 Å². The van der Waals surface area contributed by atoms with Gasteiger partial charge in [-0.3, -0.25) is 0 Å². The summed E-state index contributed by atoms with van der Waals surface area (Å²) in [6, 6.07) is 7.14. The van der Waals surface area contributed by atoms with Crippen LogP contribution in [-0.2, 0) is 16.4 Å². The summed E-state index contributed by atoms with van der Waals surface area (Å²) in [5, 5.41) is 3.36. The zero-order chi connectivity index (χ0) is 19.4. The van der Waals surface area contributed by atoms with Crippen molar-refractivity contribution in [3.8, 4) is 5.88 Å². The molecule has 0 aliphatic carbocycles. The summed E-state index contributed by atoms with van der Waals surface area (Å²) >= 11 is 0. The lowest BCUT2D eigenvalue weighted by Crippen LogP contribution is -2.35. The Kier molecular flexibility index (Phi) is 5.96. The SMILES string of the molecule is Cc1nc(S(C)(=O)=O)ccc1NCc1ccc(OC2CCN(C)CC2)nc1. The van der Waals surface area contributed by atoms with Crippen LogP contribution in [-0.4, -0.2) is 55.8 Å². The Morgan fingerprint density at radius 2 is 1.96 bits per heavy atom. The van der Waals surface area contributed by atoms with Crippen molar-refractivity contribution in [2.75, 3.05) is 31.7 Å². The van der Waals surface area contributed by atoms with E-state index in [0.717, 1.165) is 43.4 Å². The molecule has 2 aromatic rings. The number of pyridine rings is 2. The summed E-state index contributed by atoms with van der Waals surface area (Å²) in [5.74, 6) is 0.656. The molecule has 3 heterocycles. The molecule has 1 aliphatic heterocycles. The number of aromatic nitrogens is 2. The molecular formula is C19H26N4O3S. The summed E-state index contributed by atoms with van der Waals surface area (Å²) in [5.41, 5.74) is 2.46. The summed E-state index contributed by atoms with van der Waals surface area (Å²) in [6.07, 6.45) is 5.24. The zero-order valence-electron chi connectivity index (χ0n) is 16.0. The normalized spacial score (nSPS) is 16.3. The van der Waals surface area contributed by atoms with Gasteiger partial charge >= 0.3 is 0 Å². The van der Waals surface area contributed by atoms with E-state index in [1.165, 1.54) is 6.07 Å². The number of nitrogens with one attached hydrogen (secondary N) is 1. The minimum Gasteiger partial charge on any atom is -0.474 e. The van der Waals surface area contributed by atoms with Crippen LogP contribution in [0, 0.1) is 6.92 Å². The van der Waals surface area contributed by atoms with E-state index in [1.807, 2.05) is 12.1 Å². The largest absolute Gasteiger partial charge is 0.474 e. The van der Waals surface area contributed by atoms with Crippen LogP contribution in [0.4, 0.5) is 5.69 Å². The van der Waals surface area contributed by atoms with Gasteiger partial charge in [0.15, 0.2) is 14.9 Å². The highest BCUT2D eigenvalue weighted by Gasteiger charge is 2.18. The van der Waals surface area contributed by atoms with Crippen molar-refractivity contribution in [2.45, 2.75) is 37.4 Å². The Hall–Kier alpha value is -2.19. The van der Waals surface area contributed by atoms with Crippen LogP contribution >= 0.6 is 0 Å². The molecule has 0 radical (unpaired) electrons. The summed E-state index contributed by atoms with van der Waals surface area (Å²) < 4.78 is 29.1. The number of rotatable bonds is 6. The molecule has 2 aromatic heterocycles. The molecule has 0 atom stereocenters. The molecule has 1 N–H and O–H groups in total. The molecular weight excluding hydrogens is 364 g/mol. The van der Waals surface area contributed by atoms with Crippen molar-refractivity contribution in [2.24, 2.45) is 0 Å². The summed E-state index contributed by atoms with van der Waals surface area (Å²) in [7, 11) is -1.17. The predicted octanol–water partition coefficient (Wildman–Crippen LogP) is 2.27. The lowest BCUT2D eigenvalue weighted by Gasteiger charge is -2.28. The van der Waals surface area contributed by atoms with Gasteiger partial charge in [-0.2, -0.15) is 0 Å². The Bertz CT molecular complexity index is 876. The van der Waals surface area contributed by atoms with Gasteiger partial charge in [-0.15, -0.1) is 0 Å². The highest BCUT2D eigenvalue weighted by atomic mass is 32.2. The molecule has 27 heavy (non-hydrogen) atoms. The van der Waals surface area contributed by atoms with Crippen LogP contribution in [0.5, 0.6) is 5.88 Å². The molecule has 146 valence electrons. The summed E-state index contributed by atoms with van der Waals surface area (Å²) in [4.78, 5) is 10.9. The highest BCUT2D eigenvalue weighted by Crippen LogP contribution is 2.19. The van der Waals surface area contributed by atoms with Crippen molar-refractivity contribution in [3.63, 3.8) is 0 Å². The number of likely N-dealkylation sites (tertiary alicyclic amines) is 1. The smallest absolute Gasteiger partial charge is 0.213 e. The molecule has 1 fully saturated rings. The molecule has 3 rings (SSSR count). The van der Waals surface area contributed by atoms with Gasteiger partial charge in [-0.1, -0.05) is 6.07 Å². The van der Waals surface area contributed by atoms with E-state index < -0.39 is 9.84 Å². The fourth-order valence-electron chi connectivity index (χ4n) is 2.99. The number of nitrogens with zero attached hydrogens (tertiary/aromatic N) is 3. The van der Waals surface area contributed by atoms with Crippen LogP contribution in [0.15, 0.2) is 35.5 Å².